The molecule has 5 rings (SSSR count). The van der Waals surface area contributed by atoms with Crippen LogP contribution >= 0.6 is 0 Å². The fourth-order valence-electron chi connectivity index (χ4n) is 4.95. The number of hydrogen-bond donors (Lipinski definition) is 1. The molecule has 0 aromatic heterocycles. The summed E-state index contributed by atoms with van der Waals surface area (Å²) < 4.78 is 22.5. The van der Waals surface area contributed by atoms with Crippen LogP contribution in [0.25, 0.3) is 0 Å². The van der Waals surface area contributed by atoms with Crippen LogP contribution in [0.5, 0.6) is 11.5 Å². The van der Waals surface area contributed by atoms with Crippen molar-refractivity contribution in [1.29, 1.82) is 0 Å². The van der Waals surface area contributed by atoms with Gasteiger partial charge < -0.3 is 24.1 Å². The highest BCUT2D eigenvalue weighted by Crippen LogP contribution is 2.57. The van der Waals surface area contributed by atoms with Crippen molar-refractivity contribution < 1.29 is 24.1 Å². The van der Waals surface area contributed by atoms with Gasteiger partial charge in [-0.2, -0.15) is 0 Å². The van der Waals surface area contributed by atoms with Crippen molar-refractivity contribution >= 4 is 0 Å². The van der Waals surface area contributed by atoms with E-state index in [1.54, 1.807) is 14.2 Å². The molecule has 4 aliphatic rings. The highest BCUT2D eigenvalue weighted by Gasteiger charge is 2.61. The Balaban J connectivity index is 1.75. The Morgan fingerprint density at radius 3 is 2.75 bits per heavy atom. The van der Waals surface area contributed by atoms with E-state index in [9.17, 15) is 5.11 Å². The Hall–Kier alpha value is -1.60. The topological polar surface area (TPSA) is 60.4 Å². The standard InChI is InChI=1S/C18H21NO5/c1-21-10-3-4-18-12-7-14-13(23-9-24-14)6-11(12)17(22-2)19(8-16(18)20)15(18)5-10/h3-4,6-7,10,15-17,20H,5,8-9H2,1-2H3. The molecule has 1 aliphatic carbocycles. The van der Waals surface area contributed by atoms with E-state index < -0.39 is 11.5 Å². The van der Waals surface area contributed by atoms with Crippen molar-refractivity contribution in [1.82, 2.24) is 4.90 Å². The average molecular weight is 331 g/mol. The Morgan fingerprint density at radius 2 is 2.00 bits per heavy atom. The molecule has 6 nitrogen and oxygen atoms in total. The molecule has 6 atom stereocenters. The Morgan fingerprint density at radius 1 is 1.21 bits per heavy atom. The van der Waals surface area contributed by atoms with Gasteiger partial charge in [0.1, 0.15) is 6.23 Å². The molecule has 1 aromatic carbocycles. The van der Waals surface area contributed by atoms with Gasteiger partial charge in [-0.05, 0) is 24.1 Å². The summed E-state index contributed by atoms with van der Waals surface area (Å²) in [5.74, 6) is 1.49. The molecule has 2 bridgehead atoms. The molecular formula is C18H21NO5. The van der Waals surface area contributed by atoms with Crippen molar-refractivity contribution in [3.05, 3.63) is 35.4 Å². The summed E-state index contributed by atoms with van der Waals surface area (Å²) >= 11 is 0. The summed E-state index contributed by atoms with van der Waals surface area (Å²) in [7, 11) is 3.44. The van der Waals surface area contributed by atoms with Crippen molar-refractivity contribution in [2.75, 3.05) is 27.6 Å². The molecule has 1 N–H and O–H groups in total. The lowest BCUT2D eigenvalue weighted by Crippen LogP contribution is -2.53. The number of aliphatic hydroxyl groups excluding tert-OH is 1. The summed E-state index contributed by atoms with van der Waals surface area (Å²) in [6.45, 7) is 0.811. The van der Waals surface area contributed by atoms with Gasteiger partial charge in [0.25, 0.3) is 0 Å². The third-order valence-electron chi connectivity index (χ3n) is 6.03. The molecule has 1 fully saturated rings. The molecule has 0 amide bonds. The monoisotopic (exact) mass is 331 g/mol. The van der Waals surface area contributed by atoms with Gasteiger partial charge in [0.15, 0.2) is 11.5 Å². The maximum atomic E-state index is 11.0. The van der Waals surface area contributed by atoms with Crippen LogP contribution in [0.4, 0.5) is 0 Å². The first-order valence-electron chi connectivity index (χ1n) is 8.32. The van der Waals surface area contributed by atoms with Crippen LogP contribution in [0.1, 0.15) is 23.8 Å². The highest BCUT2D eigenvalue weighted by molar-refractivity contribution is 5.57. The number of aliphatic hydroxyl groups is 1. The summed E-state index contributed by atoms with van der Waals surface area (Å²) in [6, 6.07) is 4.17. The quantitative estimate of drug-likeness (QED) is 0.825. The van der Waals surface area contributed by atoms with Gasteiger partial charge in [-0.1, -0.05) is 12.2 Å². The van der Waals surface area contributed by atoms with E-state index in [0.29, 0.717) is 6.54 Å². The predicted octanol–water partition coefficient (Wildman–Crippen LogP) is 1.33. The Labute approximate surface area is 140 Å². The van der Waals surface area contributed by atoms with Crippen molar-refractivity contribution in [3.63, 3.8) is 0 Å². The van der Waals surface area contributed by atoms with E-state index in [0.717, 1.165) is 29.0 Å². The number of benzene rings is 1. The zero-order valence-corrected chi connectivity index (χ0v) is 13.8. The van der Waals surface area contributed by atoms with Crippen LogP contribution in [0.15, 0.2) is 24.3 Å². The maximum absolute atomic E-state index is 11.0. The smallest absolute Gasteiger partial charge is 0.231 e. The third kappa shape index (κ3) is 1.64. The van der Waals surface area contributed by atoms with Crippen LogP contribution in [0, 0.1) is 0 Å². The minimum absolute atomic E-state index is 0.0593. The number of fused-ring (bicyclic) bond motifs is 2. The first-order chi connectivity index (χ1) is 11.7. The van der Waals surface area contributed by atoms with E-state index in [1.165, 1.54) is 0 Å². The second-order valence-electron chi connectivity index (χ2n) is 6.91. The lowest BCUT2D eigenvalue weighted by molar-refractivity contribution is -0.0668. The first-order valence-corrected chi connectivity index (χ1v) is 8.32. The fraction of sp³-hybridized carbons (Fsp3) is 0.556. The van der Waals surface area contributed by atoms with Gasteiger partial charge in [-0.25, -0.2) is 0 Å². The number of hydrogen-bond acceptors (Lipinski definition) is 6. The summed E-state index contributed by atoms with van der Waals surface area (Å²) in [6.07, 6.45) is 4.41. The summed E-state index contributed by atoms with van der Waals surface area (Å²) in [5.41, 5.74) is 1.69. The first kappa shape index (κ1) is 14.7. The molecule has 128 valence electrons. The normalized spacial score (nSPS) is 41.2. The molecule has 3 heterocycles. The number of nitrogens with zero attached hydrogens (tertiary/aromatic N) is 1. The lowest BCUT2D eigenvalue weighted by atomic mass is 9.65. The molecule has 3 aliphatic heterocycles. The van der Waals surface area contributed by atoms with Gasteiger partial charge in [-0.3, -0.25) is 4.90 Å². The zero-order valence-electron chi connectivity index (χ0n) is 13.8. The van der Waals surface area contributed by atoms with E-state index in [4.69, 9.17) is 18.9 Å². The maximum Gasteiger partial charge on any atom is 0.231 e. The van der Waals surface area contributed by atoms with Crippen LogP contribution in [0.2, 0.25) is 0 Å². The van der Waals surface area contributed by atoms with E-state index in [-0.39, 0.29) is 25.2 Å². The number of ether oxygens (including phenoxy) is 4. The van der Waals surface area contributed by atoms with Crippen molar-refractivity contribution in [2.24, 2.45) is 0 Å². The Kier molecular flexibility index (Phi) is 3.04. The third-order valence-corrected chi connectivity index (χ3v) is 6.03. The second-order valence-corrected chi connectivity index (χ2v) is 6.91. The highest BCUT2D eigenvalue weighted by atomic mass is 16.7. The second kappa shape index (κ2) is 4.95. The molecule has 0 spiro atoms. The summed E-state index contributed by atoms with van der Waals surface area (Å²) in [5, 5.41) is 11.0. The molecule has 24 heavy (non-hydrogen) atoms. The van der Waals surface area contributed by atoms with Crippen LogP contribution in [0.3, 0.4) is 0 Å². The molecule has 0 radical (unpaired) electrons. The van der Waals surface area contributed by atoms with Crippen LogP contribution < -0.4 is 9.47 Å². The molecule has 1 saturated heterocycles. The number of methoxy groups -OCH3 is 2. The summed E-state index contributed by atoms with van der Waals surface area (Å²) in [4.78, 5) is 2.25. The van der Waals surface area contributed by atoms with Gasteiger partial charge in [-0.15, -0.1) is 0 Å². The van der Waals surface area contributed by atoms with E-state index >= 15 is 0 Å². The fourth-order valence-corrected chi connectivity index (χ4v) is 4.95. The minimum atomic E-state index is -0.490. The SMILES string of the molecule is COC1C=CC23c4cc5c(cc4C(OC)N(CC2O)C3C1)OCO5. The van der Waals surface area contributed by atoms with Crippen molar-refractivity contribution in [2.45, 2.75) is 36.3 Å². The van der Waals surface area contributed by atoms with Gasteiger partial charge >= 0.3 is 0 Å². The number of rotatable bonds is 2. The molecule has 6 unspecified atom stereocenters. The lowest BCUT2D eigenvalue weighted by Gasteiger charge is -2.48. The van der Waals surface area contributed by atoms with Crippen molar-refractivity contribution in [3.8, 4) is 11.5 Å². The van der Waals surface area contributed by atoms with E-state index in [1.807, 2.05) is 12.1 Å². The van der Waals surface area contributed by atoms with Gasteiger partial charge in [0, 0.05) is 32.4 Å². The molecular weight excluding hydrogens is 310 g/mol. The Bertz CT molecular complexity index is 720. The van der Waals surface area contributed by atoms with Crippen LogP contribution in [-0.2, 0) is 14.9 Å². The molecule has 6 heteroatoms. The minimum Gasteiger partial charge on any atom is -0.454 e. The average Bonchev–Trinajstić information content (AvgIpc) is 3.15. The zero-order chi connectivity index (χ0) is 16.5. The predicted molar refractivity (Wildman–Crippen MR) is 85.0 cm³/mol. The van der Waals surface area contributed by atoms with Gasteiger partial charge in [0.05, 0.1) is 17.6 Å². The molecule has 1 aromatic rings. The largest absolute Gasteiger partial charge is 0.454 e. The van der Waals surface area contributed by atoms with E-state index in [2.05, 4.69) is 17.1 Å². The molecule has 0 saturated carbocycles. The van der Waals surface area contributed by atoms with Crippen LogP contribution in [-0.4, -0.2) is 55.8 Å². The van der Waals surface area contributed by atoms with Gasteiger partial charge in [0.2, 0.25) is 6.79 Å².